The van der Waals surface area contributed by atoms with Crippen molar-refractivity contribution in [2.45, 2.75) is 26.7 Å². The van der Waals surface area contributed by atoms with E-state index in [9.17, 15) is 4.79 Å². The number of pyridine rings is 1. The topological polar surface area (TPSA) is 50.2 Å². The molecule has 19 heavy (non-hydrogen) atoms. The highest BCUT2D eigenvalue weighted by Crippen LogP contribution is 2.27. The van der Waals surface area contributed by atoms with Gasteiger partial charge >= 0.3 is 5.97 Å². The van der Waals surface area contributed by atoms with Crippen LogP contribution in [0.5, 0.6) is 0 Å². The van der Waals surface area contributed by atoms with Crippen LogP contribution in [0.15, 0.2) is 30.3 Å². The second-order valence-electron chi connectivity index (χ2n) is 4.92. The lowest BCUT2D eigenvalue weighted by atomic mass is 9.97. The van der Waals surface area contributed by atoms with Gasteiger partial charge in [-0.25, -0.2) is 4.79 Å². The normalized spacial score (nSPS) is 11.6. The number of carboxylic acids is 1. The lowest BCUT2D eigenvalue weighted by Gasteiger charge is -2.11. The number of carboxylic acid groups (broad SMARTS) is 1. The summed E-state index contributed by atoms with van der Waals surface area (Å²) in [7, 11) is 0. The first kappa shape index (κ1) is 13.3. The Balaban J connectivity index is 2.72. The number of carbonyl (C=O) groups is 1. The van der Waals surface area contributed by atoms with Gasteiger partial charge in [0.1, 0.15) is 0 Å². The van der Waals surface area contributed by atoms with E-state index in [-0.39, 0.29) is 0 Å². The van der Waals surface area contributed by atoms with E-state index in [1.54, 1.807) is 6.08 Å². The van der Waals surface area contributed by atoms with E-state index in [1.807, 2.05) is 25.1 Å². The number of para-hydroxylation sites is 1. The summed E-state index contributed by atoms with van der Waals surface area (Å²) in [6.07, 6.45) is 2.79. The molecule has 0 atom stereocenters. The molecule has 3 nitrogen and oxygen atoms in total. The van der Waals surface area contributed by atoms with Gasteiger partial charge in [0.15, 0.2) is 0 Å². The van der Waals surface area contributed by atoms with Gasteiger partial charge in [-0.15, -0.1) is 0 Å². The van der Waals surface area contributed by atoms with Gasteiger partial charge in [-0.05, 0) is 36.1 Å². The van der Waals surface area contributed by atoms with Gasteiger partial charge < -0.3 is 5.11 Å². The number of nitrogens with zero attached hydrogens (tertiary/aromatic N) is 1. The van der Waals surface area contributed by atoms with Crippen molar-refractivity contribution in [3.63, 3.8) is 0 Å². The molecule has 1 heterocycles. The smallest absolute Gasteiger partial charge is 0.328 e. The molecule has 0 aliphatic heterocycles. The molecule has 0 spiro atoms. The standard InChI is InChI=1S/C16H17NO2/c1-10(2)13-5-4-6-14-12(7-8-15(18)19)9-11(3)17-16(13)14/h4-10H,1-3H3,(H,18,19)/b8-7+. The summed E-state index contributed by atoms with van der Waals surface area (Å²) in [5.74, 6) is -0.558. The van der Waals surface area contributed by atoms with Gasteiger partial charge in [-0.3, -0.25) is 4.98 Å². The molecule has 0 bridgehead atoms. The number of aryl methyl sites for hydroxylation is 1. The summed E-state index contributed by atoms with van der Waals surface area (Å²) >= 11 is 0. The van der Waals surface area contributed by atoms with Crippen LogP contribution in [0.4, 0.5) is 0 Å². The predicted octanol–water partition coefficient (Wildman–Crippen LogP) is 3.76. The lowest BCUT2D eigenvalue weighted by Crippen LogP contribution is -1.95. The second kappa shape index (κ2) is 5.22. The third kappa shape index (κ3) is 2.81. The maximum absolute atomic E-state index is 10.7. The van der Waals surface area contributed by atoms with Crippen molar-refractivity contribution in [1.29, 1.82) is 0 Å². The van der Waals surface area contributed by atoms with Crippen molar-refractivity contribution in [3.8, 4) is 0 Å². The average Bonchev–Trinajstić information content (AvgIpc) is 2.34. The number of fused-ring (bicyclic) bond motifs is 1. The fourth-order valence-electron chi connectivity index (χ4n) is 2.20. The van der Waals surface area contributed by atoms with E-state index in [0.29, 0.717) is 5.92 Å². The monoisotopic (exact) mass is 255 g/mol. The minimum absolute atomic E-state index is 0.384. The number of hydrogen-bond acceptors (Lipinski definition) is 2. The molecule has 0 saturated heterocycles. The molecule has 0 amide bonds. The van der Waals surface area contributed by atoms with Gasteiger partial charge in [0.25, 0.3) is 0 Å². The van der Waals surface area contributed by atoms with Crippen molar-refractivity contribution in [2.75, 3.05) is 0 Å². The Morgan fingerprint density at radius 2 is 2.11 bits per heavy atom. The van der Waals surface area contributed by atoms with Crippen LogP contribution in [0.3, 0.4) is 0 Å². The number of aromatic nitrogens is 1. The van der Waals surface area contributed by atoms with Gasteiger partial charge in [0.05, 0.1) is 5.52 Å². The van der Waals surface area contributed by atoms with Crippen molar-refractivity contribution in [1.82, 2.24) is 4.98 Å². The Morgan fingerprint density at radius 3 is 2.74 bits per heavy atom. The molecule has 0 fully saturated rings. The Labute approximate surface area is 112 Å². The SMILES string of the molecule is Cc1cc(/C=C/C(=O)O)c2cccc(C(C)C)c2n1. The molecule has 0 unspecified atom stereocenters. The predicted molar refractivity (Wildman–Crippen MR) is 77.2 cm³/mol. The fourth-order valence-corrected chi connectivity index (χ4v) is 2.20. The zero-order chi connectivity index (χ0) is 14.0. The molecule has 2 rings (SSSR count). The summed E-state index contributed by atoms with van der Waals surface area (Å²) in [5.41, 5.74) is 3.94. The van der Waals surface area contributed by atoms with E-state index in [4.69, 9.17) is 5.11 Å². The van der Waals surface area contributed by atoms with E-state index >= 15 is 0 Å². The van der Waals surface area contributed by atoms with Crippen LogP contribution in [0.2, 0.25) is 0 Å². The number of aliphatic carboxylic acids is 1. The maximum atomic E-state index is 10.7. The number of rotatable bonds is 3. The van der Waals surface area contributed by atoms with Crippen LogP contribution in [-0.2, 0) is 4.79 Å². The zero-order valence-corrected chi connectivity index (χ0v) is 11.3. The quantitative estimate of drug-likeness (QED) is 0.849. The first-order chi connectivity index (χ1) is 8.99. The highest BCUT2D eigenvalue weighted by atomic mass is 16.4. The minimum Gasteiger partial charge on any atom is -0.478 e. The summed E-state index contributed by atoms with van der Waals surface area (Å²) in [4.78, 5) is 15.3. The summed E-state index contributed by atoms with van der Waals surface area (Å²) < 4.78 is 0. The molecule has 0 aliphatic carbocycles. The molecule has 0 radical (unpaired) electrons. The molecular formula is C16H17NO2. The number of hydrogen-bond donors (Lipinski definition) is 1. The maximum Gasteiger partial charge on any atom is 0.328 e. The summed E-state index contributed by atoms with van der Waals surface area (Å²) in [6.45, 7) is 6.19. The average molecular weight is 255 g/mol. The van der Waals surface area contributed by atoms with Gasteiger partial charge in [0.2, 0.25) is 0 Å². The van der Waals surface area contributed by atoms with Crippen LogP contribution in [0, 0.1) is 6.92 Å². The van der Waals surface area contributed by atoms with Crippen molar-refractivity contribution in [2.24, 2.45) is 0 Å². The van der Waals surface area contributed by atoms with E-state index in [0.717, 1.165) is 28.2 Å². The summed E-state index contributed by atoms with van der Waals surface area (Å²) in [5, 5.41) is 9.75. The third-order valence-corrected chi connectivity index (χ3v) is 3.06. The van der Waals surface area contributed by atoms with Gasteiger partial charge in [-0.1, -0.05) is 32.0 Å². The molecule has 1 aromatic carbocycles. The molecule has 3 heteroatoms. The van der Waals surface area contributed by atoms with Crippen LogP contribution < -0.4 is 0 Å². The van der Waals surface area contributed by atoms with Crippen LogP contribution in [-0.4, -0.2) is 16.1 Å². The first-order valence-corrected chi connectivity index (χ1v) is 6.30. The van der Waals surface area contributed by atoms with Gasteiger partial charge in [0, 0.05) is 17.2 Å². The van der Waals surface area contributed by atoms with Crippen LogP contribution in [0.25, 0.3) is 17.0 Å². The molecule has 0 aliphatic rings. The second-order valence-corrected chi connectivity index (χ2v) is 4.92. The lowest BCUT2D eigenvalue weighted by molar-refractivity contribution is -0.131. The minimum atomic E-state index is -0.942. The van der Waals surface area contributed by atoms with Crippen molar-refractivity contribution >= 4 is 22.9 Å². The first-order valence-electron chi connectivity index (χ1n) is 6.30. The molecule has 98 valence electrons. The summed E-state index contributed by atoms with van der Waals surface area (Å²) in [6, 6.07) is 7.96. The Kier molecular flexibility index (Phi) is 3.65. The molecular weight excluding hydrogens is 238 g/mol. The molecule has 1 aromatic heterocycles. The van der Waals surface area contributed by atoms with E-state index in [1.165, 1.54) is 5.56 Å². The van der Waals surface area contributed by atoms with Crippen molar-refractivity contribution < 1.29 is 9.90 Å². The number of benzene rings is 1. The largest absolute Gasteiger partial charge is 0.478 e. The Hall–Kier alpha value is -2.16. The van der Waals surface area contributed by atoms with Gasteiger partial charge in [-0.2, -0.15) is 0 Å². The Bertz CT molecular complexity index is 657. The highest BCUT2D eigenvalue weighted by Gasteiger charge is 2.09. The van der Waals surface area contributed by atoms with E-state index in [2.05, 4.69) is 24.9 Å². The third-order valence-electron chi connectivity index (χ3n) is 3.06. The molecule has 2 aromatic rings. The van der Waals surface area contributed by atoms with Crippen LogP contribution >= 0.6 is 0 Å². The zero-order valence-electron chi connectivity index (χ0n) is 11.3. The van der Waals surface area contributed by atoms with E-state index < -0.39 is 5.97 Å². The fraction of sp³-hybridized carbons (Fsp3) is 0.250. The van der Waals surface area contributed by atoms with Crippen molar-refractivity contribution in [3.05, 3.63) is 47.2 Å². The Morgan fingerprint density at radius 1 is 1.37 bits per heavy atom. The van der Waals surface area contributed by atoms with Crippen LogP contribution in [0.1, 0.15) is 36.6 Å². The molecule has 1 N–H and O–H groups in total. The molecule has 0 saturated carbocycles. The highest BCUT2D eigenvalue weighted by molar-refractivity contribution is 5.94.